The van der Waals surface area contributed by atoms with Crippen LogP contribution in [0.4, 0.5) is 0 Å². The number of ether oxygens (including phenoxy) is 1. The highest BCUT2D eigenvalue weighted by molar-refractivity contribution is 5.92. The summed E-state index contributed by atoms with van der Waals surface area (Å²) in [7, 11) is 0. The molecule has 6 nitrogen and oxygen atoms in total. The molecule has 2 saturated heterocycles. The third-order valence-electron chi connectivity index (χ3n) is 5.83. The molecule has 3 aliphatic rings. The van der Waals surface area contributed by atoms with E-state index in [0.29, 0.717) is 25.4 Å². The van der Waals surface area contributed by atoms with Gasteiger partial charge in [-0.15, -0.1) is 0 Å². The summed E-state index contributed by atoms with van der Waals surface area (Å²) in [6.07, 6.45) is 11.0. The highest BCUT2D eigenvalue weighted by Gasteiger charge is 2.41. The van der Waals surface area contributed by atoms with Crippen LogP contribution in [0.25, 0.3) is 0 Å². The number of piperidine rings is 1. The number of aromatic nitrogens is 2. The summed E-state index contributed by atoms with van der Waals surface area (Å²) in [6.45, 7) is 5.36. The quantitative estimate of drug-likeness (QED) is 0.842. The molecule has 3 heterocycles. The molecule has 0 N–H and O–H groups in total. The fourth-order valence-electron chi connectivity index (χ4n) is 4.08. The van der Waals surface area contributed by atoms with Gasteiger partial charge < -0.3 is 14.5 Å². The Labute approximate surface area is 143 Å². The van der Waals surface area contributed by atoms with Gasteiger partial charge in [0.1, 0.15) is 5.69 Å². The number of nitrogens with zero attached hydrogens (tertiary/aromatic N) is 4. The van der Waals surface area contributed by atoms with Gasteiger partial charge in [0.2, 0.25) is 0 Å². The number of rotatable bonds is 3. The molecule has 3 fully saturated rings. The molecule has 1 saturated carbocycles. The number of hydrogen-bond donors (Lipinski definition) is 0. The molecular formula is C18H26N4O2. The van der Waals surface area contributed by atoms with Gasteiger partial charge in [0, 0.05) is 38.6 Å². The molecular weight excluding hydrogens is 304 g/mol. The van der Waals surface area contributed by atoms with Gasteiger partial charge in [-0.3, -0.25) is 9.78 Å². The van der Waals surface area contributed by atoms with E-state index in [0.717, 1.165) is 31.8 Å². The Bertz CT molecular complexity index is 568. The first-order chi connectivity index (χ1) is 11.7. The number of hydrogen-bond acceptors (Lipinski definition) is 5. The number of morpholine rings is 1. The fourth-order valence-corrected chi connectivity index (χ4v) is 4.08. The van der Waals surface area contributed by atoms with Crippen LogP contribution in [0.2, 0.25) is 0 Å². The second kappa shape index (κ2) is 6.76. The van der Waals surface area contributed by atoms with Gasteiger partial charge in [0.25, 0.3) is 5.91 Å². The minimum Gasteiger partial charge on any atom is -0.371 e. The lowest BCUT2D eigenvalue weighted by atomic mass is 9.83. The first-order valence-electron chi connectivity index (χ1n) is 9.16. The molecule has 24 heavy (non-hydrogen) atoms. The van der Waals surface area contributed by atoms with Crippen LogP contribution in [-0.2, 0) is 4.74 Å². The summed E-state index contributed by atoms with van der Waals surface area (Å²) in [5.74, 6) is 0.892. The summed E-state index contributed by atoms with van der Waals surface area (Å²) >= 11 is 0. The van der Waals surface area contributed by atoms with Gasteiger partial charge in [-0.25, -0.2) is 4.98 Å². The smallest absolute Gasteiger partial charge is 0.274 e. The van der Waals surface area contributed by atoms with E-state index in [-0.39, 0.29) is 11.5 Å². The van der Waals surface area contributed by atoms with Crippen molar-refractivity contribution in [2.75, 3.05) is 39.3 Å². The number of likely N-dealkylation sites (tertiary alicyclic amines) is 1. The van der Waals surface area contributed by atoms with Crippen molar-refractivity contribution in [3.63, 3.8) is 0 Å². The lowest BCUT2D eigenvalue weighted by molar-refractivity contribution is -0.128. The van der Waals surface area contributed by atoms with Gasteiger partial charge >= 0.3 is 0 Å². The summed E-state index contributed by atoms with van der Waals surface area (Å²) in [4.78, 5) is 25.3. The first kappa shape index (κ1) is 16.0. The monoisotopic (exact) mass is 330 g/mol. The Morgan fingerprint density at radius 3 is 2.75 bits per heavy atom. The number of amides is 1. The third kappa shape index (κ3) is 3.30. The minimum atomic E-state index is -0.160. The average molecular weight is 330 g/mol. The summed E-state index contributed by atoms with van der Waals surface area (Å²) < 4.78 is 6.16. The topological polar surface area (TPSA) is 58.6 Å². The Balaban J connectivity index is 1.35. The summed E-state index contributed by atoms with van der Waals surface area (Å²) in [5, 5.41) is 0. The molecule has 1 aliphatic carbocycles. The summed E-state index contributed by atoms with van der Waals surface area (Å²) in [5.41, 5.74) is 0.267. The van der Waals surface area contributed by atoms with Crippen LogP contribution in [0.1, 0.15) is 42.6 Å². The lowest BCUT2D eigenvalue weighted by Gasteiger charge is -2.48. The van der Waals surface area contributed by atoms with E-state index >= 15 is 0 Å². The van der Waals surface area contributed by atoms with Crippen molar-refractivity contribution in [2.45, 2.75) is 37.7 Å². The van der Waals surface area contributed by atoms with Crippen LogP contribution in [-0.4, -0.2) is 70.6 Å². The van der Waals surface area contributed by atoms with Crippen LogP contribution in [0, 0.1) is 5.92 Å². The number of carbonyl (C=O) groups excluding carboxylic acids is 1. The molecule has 0 unspecified atom stereocenters. The SMILES string of the molecule is O=C(c1cnccn1)N1CCOC2(CCN(CC3CCC3)CC2)C1. The van der Waals surface area contributed by atoms with Crippen LogP contribution in [0.5, 0.6) is 0 Å². The minimum absolute atomic E-state index is 0.0253. The molecule has 4 rings (SSSR count). The molecule has 2 aliphatic heterocycles. The van der Waals surface area contributed by atoms with E-state index in [9.17, 15) is 4.79 Å². The van der Waals surface area contributed by atoms with E-state index < -0.39 is 0 Å². The van der Waals surface area contributed by atoms with Crippen LogP contribution < -0.4 is 0 Å². The van der Waals surface area contributed by atoms with E-state index in [2.05, 4.69) is 14.9 Å². The molecule has 0 radical (unpaired) electrons. The van der Waals surface area contributed by atoms with Crippen molar-refractivity contribution in [1.29, 1.82) is 0 Å². The lowest BCUT2D eigenvalue weighted by Crippen LogP contribution is -2.58. The van der Waals surface area contributed by atoms with E-state index in [1.807, 2.05) is 4.90 Å². The maximum absolute atomic E-state index is 12.6. The van der Waals surface area contributed by atoms with Gasteiger partial charge in [-0.05, 0) is 31.6 Å². The zero-order valence-electron chi connectivity index (χ0n) is 14.2. The van der Waals surface area contributed by atoms with Crippen LogP contribution >= 0.6 is 0 Å². The zero-order chi connectivity index (χ0) is 16.4. The second-order valence-corrected chi connectivity index (χ2v) is 7.45. The molecule has 1 spiro atoms. The van der Waals surface area contributed by atoms with Gasteiger partial charge in [-0.2, -0.15) is 0 Å². The van der Waals surface area contributed by atoms with E-state index in [1.165, 1.54) is 25.8 Å². The largest absolute Gasteiger partial charge is 0.371 e. The summed E-state index contributed by atoms with van der Waals surface area (Å²) in [6, 6.07) is 0. The van der Waals surface area contributed by atoms with Gasteiger partial charge in [0.15, 0.2) is 0 Å². The Morgan fingerprint density at radius 2 is 2.08 bits per heavy atom. The third-order valence-corrected chi connectivity index (χ3v) is 5.83. The average Bonchev–Trinajstić information content (AvgIpc) is 2.60. The van der Waals surface area contributed by atoms with E-state index in [1.54, 1.807) is 18.6 Å². The molecule has 130 valence electrons. The molecule has 0 bridgehead atoms. The predicted molar refractivity (Wildman–Crippen MR) is 89.6 cm³/mol. The van der Waals surface area contributed by atoms with Crippen molar-refractivity contribution < 1.29 is 9.53 Å². The van der Waals surface area contributed by atoms with Crippen molar-refractivity contribution >= 4 is 5.91 Å². The second-order valence-electron chi connectivity index (χ2n) is 7.45. The zero-order valence-corrected chi connectivity index (χ0v) is 14.2. The van der Waals surface area contributed by atoms with Crippen LogP contribution in [0.15, 0.2) is 18.6 Å². The highest BCUT2D eigenvalue weighted by atomic mass is 16.5. The van der Waals surface area contributed by atoms with Crippen LogP contribution in [0.3, 0.4) is 0 Å². The Morgan fingerprint density at radius 1 is 1.25 bits per heavy atom. The van der Waals surface area contributed by atoms with Gasteiger partial charge in [0.05, 0.1) is 24.9 Å². The Kier molecular flexibility index (Phi) is 4.50. The van der Waals surface area contributed by atoms with Crippen molar-refractivity contribution in [3.8, 4) is 0 Å². The van der Waals surface area contributed by atoms with Crippen molar-refractivity contribution in [2.24, 2.45) is 5.92 Å². The Hall–Kier alpha value is -1.53. The molecule has 1 aromatic rings. The normalized spacial score (nSPS) is 24.8. The van der Waals surface area contributed by atoms with Crippen molar-refractivity contribution in [1.82, 2.24) is 19.8 Å². The van der Waals surface area contributed by atoms with Gasteiger partial charge in [-0.1, -0.05) is 6.42 Å². The van der Waals surface area contributed by atoms with E-state index in [4.69, 9.17) is 4.74 Å². The maximum Gasteiger partial charge on any atom is 0.274 e. The molecule has 6 heteroatoms. The maximum atomic E-state index is 12.6. The number of carbonyl (C=O) groups is 1. The fraction of sp³-hybridized carbons (Fsp3) is 0.722. The predicted octanol–water partition coefficient (Wildman–Crippen LogP) is 1.58. The standard InChI is InChI=1S/C18H26N4O2/c23-17(16-12-19-6-7-20-16)22-10-11-24-18(14-22)4-8-21(9-5-18)13-15-2-1-3-15/h6-7,12,15H,1-5,8-11,13-14H2. The molecule has 0 atom stereocenters. The highest BCUT2D eigenvalue weighted by Crippen LogP contribution is 2.33. The molecule has 1 amide bonds. The molecule has 0 aromatic carbocycles. The van der Waals surface area contributed by atoms with Crippen molar-refractivity contribution in [3.05, 3.63) is 24.3 Å². The first-order valence-corrected chi connectivity index (χ1v) is 9.16. The molecule has 1 aromatic heterocycles.